The van der Waals surface area contributed by atoms with Gasteiger partial charge >= 0.3 is 0 Å². The molecule has 27 N–H and O–H groups in total. The summed E-state index contributed by atoms with van der Waals surface area (Å²) in [6.07, 6.45) is 30.0. The maximum absolute atomic E-state index is 6.15. The van der Waals surface area contributed by atoms with Gasteiger partial charge in [0.1, 0.15) is 0 Å². The van der Waals surface area contributed by atoms with E-state index < -0.39 is 0 Å². The lowest BCUT2D eigenvalue weighted by molar-refractivity contribution is 0.176. The number of hydrogen-bond acceptors (Lipinski definition) is 26. The van der Waals surface area contributed by atoms with Gasteiger partial charge in [-0.15, -0.1) is 0 Å². The molecule has 0 aromatic rings. The van der Waals surface area contributed by atoms with Crippen LogP contribution in [-0.4, -0.2) is 393 Å². The Balaban J connectivity index is 7.23. The smallest absolute Gasteiger partial charge is 0.0105 e. The topological polar surface area (TPSA) is 389 Å². The summed E-state index contributed by atoms with van der Waals surface area (Å²) in [6.45, 7) is 53.0. The average molecular weight is 1500 g/mol. The minimum absolute atomic E-state index is 0.679. The van der Waals surface area contributed by atoms with Crippen LogP contribution < -0.4 is 79.9 Å². The number of unbranched alkanes of at least 4 members (excludes halogenated alkanes) is 2. The van der Waals surface area contributed by atoms with Crippen molar-refractivity contribution >= 4 is 0 Å². The predicted octanol–water partition coefficient (Wildman–Crippen LogP) is 1.22. The van der Waals surface area contributed by atoms with Crippen molar-refractivity contribution in [1.29, 1.82) is 0 Å². The molecule has 632 valence electrons. The van der Waals surface area contributed by atoms with Gasteiger partial charge in [0.15, 0.2) is 0 Å². The molecule has 0 fully saturated rings. The molecule has 0 bridgehead atoms. The lowest BCUT2D eigenvalue weighted by Gasteiger charge is -2.30. The van der Waals surface area contributed by atoms with Gasteiger partial charge in [0.2, 0.25) is 0 Å². The van der Waals surface area contributed by atoms with Gasteiger partial charge in [-0.05, 0) is 488 Å². The summed E-state index contributed by atoms with van der Waals surface area (Å²) in [5.41, 5.74) is 78.4. The molecule has 0 saturated carbocycles. The molecule has 0 aliphatic carbocycles. The summed E-state index contributed by atoms with van der Waals surface area (Å²) < 4.78 is 0. The van der Waals surface area contributed by atoms with Crippen LogP contribution in [0.3, 0.4) is 0 Å². The summed E-state index contributed by atoms with van der Waals surface area (Å²) in [5, 5.41) is 3.64. The van der Waals surface area contributed by atoms with E-state index in [-0.39, 0.29) is 0 Å². The van der Waals surface area contributed by atoms with Gasteiger partial charge < -0.3 is 139 Å². The molecule has 0 heterocycles. The highest BCUT2D eigenvalue weighted by Gasteiger charge is 2.18. The minimum atomic E-state index is 0.679. The first kappa shape index (κ1) is 104. The summed E-state index contributed by atoms with van der Waals surface area (Å²) in [4.78, 5) is 32.4. The lowest BCUT2D eigenvalue weighted by atomic mass is 10.2. The van der Waals surface area contributed by atoms with Gasteiger partial charge in [0.05, 0.1) is 0 Å². The molecule has 0 aromatic heterocycles. The molecule has 0 unspecified atom stereocenters. The second kappa shape index (κ2) is 82.4. The van der Waals surface area contributed by atoms with Crippen LogP contribution in [0, 0.1) is 0 Å². The molecule has 0 saturated heterocycles. The van der Waals surface area contributed by atoms with E-state index in [2.05, 4.69) is 71.0 Å². The normalized spacial score (nSPS) is 12.5. The van der Waals surface area contributed by atoms with Crippen molar-refractivity contribution in [3.05, 3.63) is 0 Å². The second-order valence-electron chi connectivity index (χ2n) is 30.3. The largest absolute Gasteiger partial charge is 0.330 e. The predicted molar refractivity (Wildman–Crippen MR) is 458 cm³/mol. The fraction of sp³-hybridized carbons (Fsp3) is 1.00. The van der Waals surface area contributed by atoms with Crippen molar-refractivity contribution in [2.75, 3.05) is 334 Å². The summed E-state index contributed by atoms with van der Waals surface area (Å²) in [7, 11) is 0. The Bertz CT molecular complexity index is 1570. The van der Waals surface area contributed by atoms with E-state index in [0.717, 1.165) is 436 Å². The first-order chi connectivity index (χ1) is 51.6. The zero-order chi connectivity index (χ0) is 76.8. The van der Waals surface area contributed by atoms with Gasteiger partial charge in [0.25, 0.3) is 0 Å². The number of nitrogens with zero attached hydrogens (tertiary/aromatic N) is 12. The van der Waals surface area contributed by atoms with Crippen molar-refractivity contribution in [3.63, 3.8) is 0 Å². The fourth-order valence-corrected chi connectivity index (χ4v) is 14.7. The van der Waals surface area contributed by atoms with E-state index >= 15 is 0 Å². The first-order valence-corrected chi connectivity index (χ1v) is 44.1. The van der Waals surface area contributed by atoms with Crippen LogP contribution >= 0.6 is 0 Å². The van der Waals surface area contributed by atoms with Crippen LogP contribution in [0.2, 0.25) is 0 Å². The molecular formula is C79H186N26. The van der Waals surface area contributed by atoms with Gasteiger partial charge in [-0.25, -0.2) is 0 Å². The minimum Gasteiger partial charge on any atom is -0.330 e. The zero-order valence-electron chi connectivity index (χ0n) is 69.5. The van der Waals surface area contributed by atoms with Crippen molar-refractivity contribution in [1.82, 2.24) is 64.1 Å². The Kier molecular flexibility index (Phi) is 81.6. The van der Waals surface area contributed by atoms with E-state index in [1.165, 1.54) is 57.9 Å². The van der Waals surface area contributed by atoms with Crippen molar-refractivity contribution in [2.45, 2.75) is 180 Å². The van der Waals surface area contributed by atoms with Crippen LogP contribution in [0.1, 0.15) is 180 Å². The molecule has 0 amide bonds. The summed E-state index contributed by atoms with van der Waals surface area (Å²) in [5.74, 6) is 0. The Morgan fingerprint density at radius 1 is 0.133 bits per heavy atom. The third-order valence-electron chi connectivity index (χ3n) is 20.8. The molecule has 0 rings (SSSR count). The average Bonchev–Trinajstić information content (AvgIpc) is 1.98. The van der Waals surface area contributed by atoms with E-state index in [1.807, 2.05) is 0 Å². The van der Waals surface area contributed by atoms with E-state index in [9.17, 15) is 0 Å². The number of rotatable bonds is 90. The highest BCUT2D eigenvalue weighted by atomic mass is 15.2. The highest BCUT2D eigenvalue weighted by molar-refractivity contribution is 4.75. The van der Waals surface area contributed by atoms with Gasteiger partial charge in [-0.1, -0.05) is 13.3 Å². The molecule has 0 aliphatic heterocycles. The van der Waals surface area contributed by atoms with Crippen molar-refractivity contribution in [3.8, 4) is 0 Å². The van der Waals surface area contributed by atoms with E-state index in [1.54, 1.807) is 0 Å². The lowest BCUT2D eigenvalue weighted by Crippen LogP contribution is -2.38. The van der Waals surface area contributed by atoms with Gasteiger partial charge in [-0.2, -0.15) is 0 Å². The van der Waals surface area contributed by atoms with Crippen LogP contribution in [0.15, 0.2) is 0 Å². The van der Waals surface area contributed by atoms with E-state index in [0.29, 0.717) is 13.1 Å². The second-order valence-corrected chi connectivity index (χ2v) is 30.3. The zero-order valence-corrected chi connectivity index (χ0v) is 69.5. The highest BCUT2D eigenvalue weighted by Crippen LogP contribution is 2.12. The number of nitrogens with two attached hydrogens (primary N) is 13. The van der Waals surface area contributed by atoms with Crippen molar-refractivity contribution in [2.24, 2.45) is 74.5 Å². The van der Waals surface area contributed by atoms with E-state index in [4.69, 9.17) is 74.5 Å². The molecule has 0 atom stereocenters. The molecular weight excluding hydrogens is 1310 g/mol. The van der Waals surface area contributed by atoms with Crippen LogP contribution in [-0.2, 0) is 0 Å². The molecule has 0 aromatic carbocycles. The Morgan fingerprint density at radius 2 is 0.267 bits per heavy atom. The first-order valence-electron chi connectivity index (χ1n) is 44.1. The molecule has 26 nitrogen and oxygen atoms in total. The number of nitrogens with one attached hydrogen (secondary N) is 1. The Morgan fingerprint density at radius 3 is 0.429 bits per heavy atom. The number of hydrogen-bond donors (Lipinski definition) is 14. The molecule has 0 radical (unpaired) electrons. The monoisotopic (exact) mass is 1500 g/mol. The van der Waals surface area contributed by atoms with Gasteiger partial charge in [-0.3, -0.25) is 0 Å². The Labute approximate surface area is 649 Å². The van der Waals surface area contributed by atoms with Crippen LogP contribution in [0.5, 0.6) is 0 Å². The third kappa shape index (κ3) is 67.2. The third-order valence-corrected chi connectivity index (χ3v) is 20.8. The molecule has 26 heteroatoms. The summed E-state index contributed by atoms with van der Waals surface area (Å²) in [6, 6.07) is 0. The quantitative estimate of drug-likeness (QED) is 0.0381. The Hall–Kier alpha value is -1.04. The maximum Gasteiger partial charge on any atom is 0.0105 e. The maximum atomic E-state index is 6.15. The van der Waals surface area contributed by atoms with Crippen LogP contribution in [0.4, 0.5) is 0 Å². The standard InChI is InChI=1S/C79H186N26/c1-2-3-44-94(58-18-43-93-42-6-29-80)59-19-60-95(61-20-69-102(72-23-64-97(47-7-30-81)48-8-31-82)73-24-65-98(49-9-32-83)50-10-33-84)45-4-5-46-96(63-22-71-104(77-28-78-105(79-41-92)57-17-40-91)76-27-68-101(55-15-38-89)56-16-39-90)62-21-70-103(74-25-66-99(51-11-34-85)52-12-35-86)75-26-67-100(53-13-36-87)54-14-37-88/h93H,2-92H2,1H3. The molecule has 105 heavy (non-hydrogen) atoms. The summed E-state index contributed by atoms with van der Waals surface area (Å²) >= 11 is 0. The van der Waals surface area contributed by atoms with Crippen molar-refractivity contribution < 1.29 is 0 Å². The van der Waals surface area contributed by atoms with Crippen LogP contribution in [0.25, 0.3) is 0 Å². The SMILES string of the molecule is CCCCN(CCCNCCCN)CCCN(CCCCN(CCCN(CCCN(CCN)CCCN)CCCN(CCCN)CCCN)CCCN(CCCN(CCCN)CCCN)CCCN(CCCN)CCCN)CCCN(CCCN(CCCN)CCCN)CCCN(CCCN)CCCN. The van der Waals surface area contributed by atoms with Gasteiger partial charge in [0, 0.05) is 13.1 Å². The fourth-order valence-electron chi connectivity index (χ4n) is 14.7. The molecule has 0 aliphatic rings. The molecule has 0 spiro atoms.